The molecule has 0 aliphatic carbocycles. The molecule has 4 rings (SSSR count). The SMILES string of the molecule is Cc1c(N2C=CC=CC2)cccc1-n1c2ccccc2c[n+]1C. The monoisotopic (exact) mass is 302 g/mol. The van der Waals surface area contributed by atoms with Gasteiger partial charge in [-0.3, -0.25) is 0 Å². The lowest BCUT2D eigenvalue weighted by Crippen LogP contribution is -2.37. The van der Waals surface area contributed by atoms with Crippen molar-refractivity contribution in [1.82, 2.24) is 4.68 Å². The van der Waals surface area contributed by atoms with Crippen LogP contribution in [0.4, 0.5) is 5.69 Å². The number of aromatic nitrogens is 2. The second-order valence-electron chi connectivity index (χ2n) is 5.92. The van der Waals surface area contributed by atoms with Gasteiger partial charge in [0.15, 0.2) is 7.05 Å². The third kappa shape index (κ3) is 2.25. The average Bonchev–Trinajstić information content (AvgIpc) is 2.92. The average molecular weight is 302 g/mol. The summed E-state index contributed by atoms with van der Waals surface area (Å²) in [6.07, 6.45) is 10.7. The molecule has 0 bridgehead atoms. The van der Waals surface area contributed by atoms with Crippen LogP contribution in [0.3, 0.4) is 0 Å². The van der Waals surface area contributed by atoms with Gasteiger partial charge in [-0.25, -0.2) is 0 Å². The quantitative estimate of drug-likeness (QED) is 0.658. The lowest BCUT2D eigenvalue weighted by atomic mass is 10.1. The minimum absolute atomic E-state index is 0.916. The first-order valence-electron chi connectivity index (χ1n) is 7.92. The van der Waals surface area contributed by atoms with E-state index in [0.29, 0.717) is 0 Å². The molecule has 0 N–H and O–H groups in total. The summed E-state index contributed by atoms with van der Waals surface area (Å²) in [5.41, 5.74) is 4.98. The minimum Gasteiger partial charge on any atom is -0.344 e. The molecule has 0 amide bonds. The summed E-state index contributed by atoms with van der Waals surface area (Å²) in [7, 11) is 2.09. The van der Waals surface area contributed by atoms with E-state index in [1.165, 1.54) is 27.8 Å². The Labute approximate surface area is 136 Å². The Balaban J connectivity index is 1.90. The van der Waals surface area contributed by atoms with Gasteiger partial charge >= 0.3 is 0 Å². The normalized spacial score (nSPS) is 13.9. The number of rotatable bonds is 2. The molecule has 1 aromatic heterocycles. The molecule has 23 heavy (non-hydrogen) atoms. The van der Waals surface area contributed by atoms with Crippen molar-refractivity contribution in [2.24, 2.45) is 7.05 Å². The lowest BCUT2D eigenvalue weighted by Gasteiger charge is -2.23. The molecule has 0 saturated carbocycles. The first-order chi connectivity index (χ1) is 11.3. The molecule has 3 aromatic rings. The summed E-state index contributed by atoms with van der Waals surface area (Å²) >= 11 is 0. The van der Waals surface area contributed by atoms with Gasteiger partial charge in [-0.2, -0.15) is 0 Å². The fourth-order valence-corrected chi connectivity index (χ4v) is 3.32. The molecule has 0 radical (unpaired) electrons. The number of anilines is 1. The van der Waals surface area contributed by atoms with E-state index < -0.39 is 0 Å². The molecule has 2 aromatic carbocycles. The van der Waals surface area contributed by atoms with E-state index in [1.54, 1.807) is 0 Å². The minimum atomic E-state index is 0.916. The highest BCUT2D eigenvalue weighted by molar-refractivity contribution is 5.79. The summed E-state index contributed by atoms with van der Waals surface area (Å²) in [5.74, 6) is 0. The highest BCUT2D eigenvalue weighted by atomic mass is 15.4. The van der Waals surface area contributed by atoms with E-state index in [9.17, 15) is 0 Å². The molecule has 2 heterocycles. The van der Waals surface area contributed by atoms with E-state index in [0.717, 1.165) is 6.54 Å². The topological polar surface area (TPSA) is 12.1 Å². The zero-order valence-electron chi connectivity index (χ0n) is 13.5. The Kier molecular flexibility index (Phi) is 3.27. The molecule has 0 saturated heterocycles. The lowest BCUT2D eigenvalue weighted by molar-refractivity contribution is -0.741. The third-order valence-corrected chi connectivity index (χ3v) is 4.44. The molecule has 0 unspecified atom stereocenters. The van der Waals surface area contributed by atoms with Crippen LogP contribution in [-0.2, 0) is 7.05 Å². The number of benzene rings is 2. The maximum Gasteiger partial charge on any atom is 0.203 e. The number of hydrogen-bond acceptors (Lipinski definition) is 1. The number of para-hydroxylation sites is 1. The molecule has 3 heteroatoms. The highest BCUT2D eigenvalue weighted by Gasteiger charge is 2.18. The van der Waals surface area contributed by atoms with Gasteiger partial charge in [-0.1, -0.05) is 30.4 Å². The number of fused-ring (bicyclic) bond motifs is 1. The van der Waals surface area contributed by atoms with Gasteiger partial charge in [0.1, 0.15) is 11.2 Å². The first kappa shape index (κ1) is 13.8. The van der Waals surface area contributed by atoms with Crippen molar-refractivity contribution in [2.75, 3.05) is 11.4 Å². The van der Waals surface area contributed by atoms with Gasteiger partial charge in [0.25, 0.3) is 0 Å². The van der Waals surface area contributed by atoms with Crippen molar-refractivity contribution in [1.29, 1.82) is 0 Å². The van der Waals surface area contributed by atoms with Crippen LogP contribution in [0.15, 0.2) is 73.1 Å². The van der Waals surface area contributed by atoms with Crippen LogP contribution in [0.2, 0.25) is 0 Å². The Morgan fingerprint density at radius 3 is 2.61 bits per heavy atom. The predicted octanol–water partition coefficient (Wildman–Crippen LogP) is 3.65. The first-order valence-corrected chi connectivity index (χ1v) is 7.92. The predicted molar refractivity (Wildman–Crippen MR) is 94.8 cm³/mol. The molecule has 0 atom stereocenters. The van der Waals surface area contributed by atoms with Crippen LogP contribution in [0.1, 0.15) is 5.56 Å². The second kappa shape index (κ2) is 5.43. The maximum atomic E-state index is 2.28. The fourth-order valence-electron chi connectivity index (χ4n) is 3.32. The van der Waals surface area contributed by atoms with Crippen LogP contribution in [0.25, 0.3) is 16.6 Å². The molecule has 0 spiro atoms. The summed E-state index contributed by atoms with van der Waals surface area (Å²) in [6, 6.07) is 15.0. The van der Waals surface area contributed by atoms with Gasteiger partial charge in [0, 0.05) is 24.0 Å². The summed E-state index contributed by atoms with van der Waals surface area (Å²) < 4.78 is 4.43. The van der Waals surface area contributed by atoms with Crippen molar-refractivity contribution in [2.45, 2.75) is 6.92 Å². The number of nitrogens with zero attached hydrogens (tertiary/aromatic N) is 3. The third-order valence-electron chi connectivity index (χ3n) is 4.44. The summed E-state index contributed by atoms with van der Waals surface area (Å²) in [5, 5.41) is 1.25. The van der Waals surface area contributed by atoms with E-state index >= 15 is 0 Å². The molecule has 0 fully saturated rings. The van der Waals surface area contributed by atoms with Crippen LogP contribution in [-0.4, -0.2) is 11.2 Å². The summed E-state index contributed by atoms with van der Waals surface area (Å²) in [4.78, 5) is 2.28. The van der Waals surface area contributed by atoms with Crippen molar-refractivity contribution < 1.29 is 4.68 Å². The fraction of sp³-hybridized carbons (Fsp3) is 0.150. The van der Waals surface area contributed by atoms with Crippen molar-refractivity contribution in [3.05, 3.63) is 78.7 Å². The Morgan fingerprint density at radius 1 is 0.957 bits per heavy atom. The standard InChI is InChI=1S/C20H20N3/c1-16-18(22-13-6-3-7-14-22)11-8-12-19(16)23-20-10-5-4-9-17(20)15-21(23)2/h3-13,15H,14H2,1-2H3/q+1. The summed E-state index contributed by atoms with van der Waals surface area (Å²) in [6.45, 7) is 3.12. The van der Waals surface area contributed by atoms with E-state index in [4.69, 9.17) is 0 Å². The van der Waals surface area contributed by atoms with Crippen molar-refractivity contribution in [3.63, 3.8) is 0 Å². The maximum absolute atomic E-state index is 2.28. The van der Waals surface area contributed by atoms with Crippen LogP contribution in [0.5, 0.6) is 0 Å². The van der Waals surface area contributed by atoms with Crippen molar-refractivity contribution in [3.8, 4) is 5.69 Å². The second-order valence-corrected chi connectivity index (χ2v) is 5.92. The van der Waals surface area contributed by atoms with E-state index in [2.05, 4.69) is 101 Å². The van der Waals surface area contributed by atoms with Crippen molar-refractivity contribution >= 4 is 16.6 Å². The highest BCUT2D eigenvalue weighted by Crippen LogP contribution is 2.28. The Hall–Kier alpha value is -2.81. The number of aryl methyl sites for hydroxylation is 1. The van der Waals surface area contributed by atoms with Gasteiger partial charge in [-0.05, 0) is 37.3 Å². The van der Waals surface area contributed by atoms with Crippen LogP contribution < -0.4 is 9.58 Å². The molecule has 3 nitrogen and oxygen atoms in total. The van der Waals surface area contributed by atoms with Gasteiger partial charge < -0.3 is 4.90 Å². The smallest absolute Gasteiger partial charge is 0.203 e. The molecule has 1 aliphatic rings. The zero-order valence-corrected chi connectivity index (χ0v) is 13.5. The number of hydrogen-bond donors (Lipinski definition) is 0. The Bertz CT molecular complexity index is 931. The molecule has 1 aliphatic heterocycles. The Morgan fingerprint density at radius 2 is 1.78 bits per heavy atom. The van der Waals surface area contributed by atoms with Crippen LogP contribution >= 0.6 is 0 Å². The van der Waals surface area contributed by atoms with Crippen LogP contribution in [0, 0.1) is 6.92 Å². The number of allylic oxidation sites excluding steroid dienone is 2. The van der Waals surface area contributed by atoms with E-state index in [1.807, 2.05) is 0 Å². The van der Waals surface area contributed by atoms with Gasteiger partial charge in [0.2, 0.25) is 6.20 Å². The van der Waals surface area contributed by atoms with Gasteiger partial charge in [0.05, 0.1) is 5.39 Å². The van der Waals surface area contributed by atoms with Gasteiger partial charge in [-0.15, -0.1) is 9.36 Å². The molecule has 114 valence electrons. The molecular weight excluding hydrogens is 282 g/mol. The largest absolute Gasteiger partial charge is 0.344 e. The zero-order chi connectivity index (χ0) is 15.8. The molecular formula is C20H20N3+. The van der Waals surface area contributed by atoms with E-state index in [-0.39, 0.29) is 0 Å².